The Hall–Kier alpha value is -1.44. The van der Waals surface area contributed by atoms with Crippen molar-refractivity contribution in [2.24, 2.45) is 5.92 Å². The number of aliphatic hydroxyl groups is 1. The lowest BCUT2D eigenvalue weighted by Gasteiger charge is -2.14. The van der Waals surface area contributed by atoms with Crippen molar-refractivity contribution in [2.45, 2.75) is 24.8 Å². The van der Waals surface area contributed by atoms with Gasteiger partial charge >= 0.3 is 0 Å². The number of nitrogens with zero attached hydrogens (tertiary/aromatic N) is 1. The van der Waals surface area contributed by atoms with E-state index in [1.54, 1.807) is 18.3 Å². The fourth-order valence-electron chi connectivity index (χ4n) is 1.66. The SMILES string of the molecule is CC(C)C(O)CNS(=O)(=O)c1c[nH]c2ncccc12. The van der Waals surface area contributed by atoms with E-state index >= 15 is 0 Å². The van der Waals surface area contributed by atoms with Crippen LogP contribution in [-0.2, 0) is 10.0 Å². The third-order valence-electron chi connectivity index (χ3n) is 2.95. The Balaban J connectivity index is 2.25. The van der Waals surface area contributed by atoms with Crippen molar-refractivity contribution in [1.29, 1.82) is 0 Å². The lowest BCUT2D eigenvalue weighted by atomic mass is 10.1. The molecule has 2 rings (SSSR count). The molecule has 0 amide bonds. The van der Waals surface area contributed by atoms with Gasteiger partial charge in [-0.3, -0.25) is 0 Å². The van der Waals surface area contributed by atoms with Crippen molar-refractivity contribution in [2.75, 3.05) is 6.54 Å². The number of sulfonamides is 1. The molecule has 19 heavy (non-hydrogen) atoms. The van der Waals surface area contributed by atoms with E-state index < -0.39 is 16.1 Å². The van der Waals surface area contributed by atoms with Crippen LogP contribution in [0.2, 0.25) is 0 Å². The van der Waals surface area contributed by atoms with Crippen LogP contribution < -0.4 is 4.72 Å². The van der Waals surface area contributed by atoms with Crippen LogP contribution in [0.25, 0.3) is 11.0 Å². The molecule has 0 spiro atoms. The number of aliphatic hydroxyl groups excluding tert-OH is 1. The first kappa shape index (κ1) is 14.0. The number of fused-ring (bicyclic) bond motifs is 1. The van der Waals surface area contributed by atoms with Crippen LogP contribution in [0.15, 0.2) is 29.4 Å². The van der Waals surface area contributed by atoms with E-state index in [0.29, 0.717) is 11.0 Å². The Morgan fingerprint density at radius 2 is 2.21 bits per heavy atom. The minimum absolute atomic E-state index is 0.00701. The number of hydrogen-bond acceptors (Lipinski definition) is 4. The van der Waals surface area contributed by atoms with Crippen LogP contribution in [-0.4, -0.2) is 36.1 Å². The van der Waals surface area contributed by atoms with Crippen molar-refractivity contribution < 1.29 is 13.5 Å². The largest absolute Gasteiger partial charge is 0.391 e. The molecule has 0 aliphatic heterocycles. The van der Waals surface area contributed by atoms with Crippen LogP contribution in [0.3, 0.4) is 0 Å². The molecular weight excluding hydrogens is 266 g/mol. The van der Waals surface area contributed by atoms with E-state index in [4.69, 9.17) is 0 Å². The maximum absolute atomic E-state index is 12.2. The van der Waals surface area contributed by atoms with Crippen LogP contribution in [0, 0.1) is 5.92 Å². The second-order valence-corrected chi connectivity index (χ2v) is 6.45. The summed E-state index contributed by atoms with van der Waals surface area (Å²) in [7, 11) is -3.65. The quantitative estimate of drug-likeness (QED) is 0.758. The number of aromatic amines is 1. The van der Waals surface area contributed by atoms with Gasteiger partial charge in [-0.15, -0.1) is 0 Å². The van der Waals surface area contributed by atoms with Gasteiger partial charge in [-0.25, -0.2) is 18.1 Å². The van der Waals surface area contributed by atoms with Gasteiger partial charge in [0.1, 0.15) is 10.5 Å². The first-order valence-electron chi connectivity index (χ1n) is 6.01. The summed E-state index contributed by atoms with van der Waals surface area (Å²) in [6.07, 6.45) is 2.28. The maximum Gasteiger partial charge on any atom is 0.242 e. The molecule has 0 saturated heterocycles. The van der Waals surface area contributed by atoms with Crippen molar-refractivity contribution in [3.8, 4) is 0 Å². The molecule has 0 radical (unpaired) electrons. The van der Waals surface area contributed by atoms with Crippen LogP contribution in [0.5, 0.6) is 0 Å². The molecule has 1 atom stereocenters. The molecule has 0 aliphatic rings. The minimum Gasteiger partial charge on any atom is -0.391 e. The summed E-state index contributed by atoms with van der Waals surface area (Å²) in [5.74, 6) is -0.00710. The summed E-state index contributed by atoms with van der Waals surface area (Å²) in [6, 6.07) is 3.37. The highest BCUT2D eigenvalue weighted by Gasteiger charge is 2.21. The molecule has 2 aromatic heterocycles. The highest BCUT2D eigenvalue weighted by atomic mass is 32.2. The number of aromatic nitrogens is 2. The zero-order valence-electron chi connectivity index (χ0n) is 10.8. The zero-order chi connectivity index (χ0) is 14.0. The van der Waals surface area contributed by atoms with Gasteiger partial charge < -0.3 is 10.1 Å². The second kappa shape index (κ2) is 5.28. The smallest absolute Gasteiger partial charge is 0.242 e. The molecule has 7 heteroatoms. The van der Waals surface area contributed by atoms with Crippen molar-refractivity contribution in [3.63, 3.8) is 0 Å². The van der Waals surface area contributed by atoms with Gasteiger partial charge in [-0.05, 0) is 18.1 Å². The Bertz CT molecular complexity index is 664. The Morgan fingerprint density at radius 1 is 1.47 bits per heavy atom. The van der Waals surface area contributed by atoms with Gasteiger partial charge in [0.2, 0.25) is 10.0 Å². The van der Waals surface area contributed by atoms with Gasteiger partial charge in [0.05, 0.1) is 6.10 Å². The summed E-state index contributed by atoms with van der Waals surface area (Å²) in [5.41, 5.74) is 0.521. The highest BCUT2D eigenvalue weighted by molar-refractivity contribution is 7.89. The molecular formula is C12H17N3O3S. The molecule has 0 aliphatic carbocycles. The van der Waals surface area contributed by atoms with Crippen LogP contribution >= 0.6 is 0 Å². The normalized spacial score (nSPS) is 14.1. The number of pyridine rings is 1. The van der Waals surface area contributed by atoms with Gasteiger partial charge in [-0.1, -0.05) is 13.8 Å². The van der Waals surface area contributed by atoms with Crippen molar-refractivity contribution >= 4 is 21.1 Å². The van der Waals surface area contributed by atoms with Gasteiger partial charge in [0.15, 0.2) is 0 Å². The summed E-state index contributed by atoms with van der Waals surface area (Å²) in [6.45, 7) is 3.65. The molecule has 104 valence electrons. The van der Waals surface area contributed by atoms with E-state index in [9.17, 15) is 13.5 Å². The van der Waals surface area contributed by atoms with E-state index in [0.717, 1.165) is 0 Å². The Labute approximate surface area is 111 Å². The highest BCUT2D eigenvalue weighted by Crippen LogP contribution is 2.20. The predicted molar refractivity (Wildman–Crippen MR) is 72.1 cm³/mol. The van der Waals surface area contributed by atoms with E-state index in [-0.39, 0.29) is 17.4 Å². The lowest BCUT2D eigenvalue weighted by molar-refractivity contribution is 0.129. The summed E-state index contributed by atoms with van der Waals surface area (Å²) in [4.78, 5) is 7.00. The Kier molecular flexibility index (Phi) is 3.88. The summed E-state index contributed by atoms with van der Waals surface area (Å²) >= 11 is 0. The summed E-state index contributed by atoms with van der Waals surface area (Å²) < 4.78 is 26.7. The molecule has 1 unspecified atom stereocenters. The molecule has 2 aromatic rings. The van der Waals surface area contributed by atoms with Crippen LogP contribution in [0.1, 0.15) is 13.8 Å². The average molecular weight is 283 g/mol. The molecule has 0 aromatic carbocycles. The number of H-pyrrole nitrogens is 1. The maximum atomic E-state index is 12.2. The topological polar surface area (TPSA) is 95.1 Å². The third-order valence-corrected chi connectivity index (χ3v) is 4.42. The number of rotatable bonds is 5. The zero-order valence-corrected chi connectivity index (χ0v) is 11.6. The number of hydrogen-bond donors (Lipinski definition) is 3. The van der Waals surface area contributed by atoms with Gasteiger partial charge in [-0.2, -0.15) is 0 Å². The minimum atomic E-state index is -3.65. The molecule has 2 heterocycles. The van der Waals surface area contributed by atoms with E-state index in [2.05, 4.69) is 14.7 Å². The second-order valence-electron chi connectivity index (χ2n) is 4.72. The predicted octanol–water partition coefficient (Wildman–Crippen LogP) is 0.858. The van der Waals surface area contributed by atoms with E-state index in [1.807, 2.05) is 13.8 Å². The van der Waals surface area contributed by atoms with Gasteiger partial charge in [0, 0.05) is 24.3 Å². The Morgan fingerprint density at radius 3 is 2.89 bits per heavy atom. The monoisotopic (exact) mass is 283 g/mol. The fraction of sp³-hybridized carbons (Fsp3) is 0.417. The fourth-order valence-corrected chi connectivity index (χ4v) is 2.88. The first-order valence-corrected chi connectivity index (χ1v) is 7.50. The van der Waals surface area contributed by atoms with Crippen molar-refractivity contribution in [1.82, 2.24) is 14.7 Å². The molecule has 0 bridgehead atoms. The standard InChI is InChI=1S/C12H17N3O3S/c1-8(2)10(16)6-15-19(17,18)11-7-14-12-9(11)4-3-5-13-12/h3-5,7-8,10,15-16H,6H2,1-2H3,(H,13,14). The lowest BCUT2D eigenvalue weighted by Crippen LogP contribution is -2.34. The van der Waals surface area contributed by atoms with Crippen molar-refractivity contribution in [3.05, 3.63) is 24.5 Å². The number of nitrogens with one attached hydrogen (secondary N) is 2. The average Bonchev–Trinajstić information content (AvgIpc) is 2.80. The van der Waals surface area contributed by atoms with E-state index in [1.165, 1.54) is 6.20 Å². The first-order chi connectivity index (χ1) is 8.92. The van der Waals surface area contributed by atoms with Crippen LogP contribution in [0.4, 0.5) is 0 Å². The molecule has 3 N–H and O–H groups in total. The summed E-state index contributed by atoms with van der Waals surface area (Å²) in [5, 5.41) is 10.2. The molecule has 6 nitrogen and oxygen atoms in total. The third kappa shape index (κ3) is 2.94. The molecule has 0 fully saturated rings. The van der Waals surface area contributed by atoms with Gasteiger partial charge in [0.25, 0.3) is 0 Å². The molecule has 0 saturated carbocycles.